The van der Waals surface area contributed by atoms with E-state index in [2.05, 4.69) is 31.9 Å². The van der Waals surface area contributed by atoms with Gasteiger partial charge in [0.2, 0.25) is 0 Å². The number of nitrogens with one attached hydrogen (secondary N) is 3. The standard InChI is InChI=1S/C22H20BrN3O2/c1-14-11-17(23)12-15(2)20(14)26-22(28)25-19-10-6-9-18(13-19)24-21(27)16-7-4-3-5-8-16/h3-13H,1-2H3,(H,24,27)(H2,25,26,28). The number of amides is 3. The van der Waals surface area contributed by atoms with E-state index in [1.54, 1.807) is 36.4 Å². The van der Waals surface area contributed by atoms with Crippen LogP contribution in [0.5, 0.6) is 0 Å². The van der Waals surface area contributed by atoms with Crippen LogP contribution >= 0.6 is 15.9 Å². The van der Waals surface area contributed by atoms with Gasteiger partial charge in [0, 0.05) is 27.1 Å². The second-order valence-electron chi connectivity index (χ2n) is 6.39. The van der Waals surface area contributed by atoms with Crippen molar-refractivity contribution in [1.29, 1.82) is 0 Å². The van der Waals surface area contributed by atoms with E-state index in [0.717, 1.165) is 21.3 Å². The molecular weight excluding hydrogens is 418 g/mol. The molecule has 0 bridgehead atoms. The molecule has 3 aromatic carbocycles. The quantitative estimate of drug-likeness (QED) is 0.470. The van der Waals surface area contributed by atoms with Gasteiger partial charge in [-0.25, -0.2) is 4.79 Å². The van der Waals surface area contributed by atoms with Crippen molar-refractivity contribution >= 4 is 44.9 Å². The number of hydrogen-bond donors (Lipinski definition) is 3. The molecule has 0 fully saturated rings. The van der Waals surface area contributed by atoms with Gasteiger partial charge in [-0.1, -0.05) is 40.2 Å². The molecule has 0 saturated carbocycles. The third-order valence-corrected chi connectivity index (χ3v) is 4.61. The van der Waals surface area contributed by atoms with E-state index in [0.29, 0.717) is 16.9 Å². The second-order valence-corrected chi connectivity index (χ2v) is 7.31. The number of anilines is 3. The van der Waals surface area contributed by atoms with Crippen molar-refractivity contribution in [2.45, 2.75) is 13.8 Å². The smallest absolute Gasteiger partial charge is 0.322 e. The lowest BCUT2D eigenvalue weighted by Crippen LogP contribution is -2.21. The van der Waals surface area contributed by atoms with E-state index in [1.807, 2.05) is 44.2 Å². The zero-order chi connectivity index (χ0) is 20.1. The van der Waals surface area contributed by atoms with Gasteiger partial charge in [0.05, 0.1) is 0 Å². The largest absolute Gasteiger partial charge is 0.323 e. The third kappa shape index (κ3) is 4.98. The van der Waals surface area contributed by atoms with Gasteiger partial charge >= 0.3 is 6.03 Å². The van der Waals surface area contributed by atoms with Gasteiger partial charge in [0.25, 0.3) is 5.91 Å². The Morgan fingerprint density at radius 2 is 1.36 bits per heavy atom. The molecule has 0 aliphatic carbocycles. The van der Waals surface area contributed by atoms with E-state index in [1.165, 1.54) is 0 Å². The topological polar surface area (TPSA) is 70.2 Å². The van der Waals surface area contributed by atoms with Crippen LogP contribution in [0.3, 0.4) is 0 Å². The van der Waals surface area contributed by atoms with E-state index in [9.17, 15) is 9.59 Å². The van der Waals surface area contributed by atoms with Gasteiger partial charge in [-0.2, -0.15) is 0 Å². The van der Waals surface area contributed by atoms with E-state index < -0.39 is 0 Å². The van der Waals surface area contributed by atoms with Gasteiger partial charge in [-0.15, -0.1) is 0 Å². The number of carbonyl (C=O) groups is 2. The molecule has 0 aliphatic rings. The van der Waals surface area contributed by atoms with Gasteiger partial charge in [0.1, 0.15) is 0 Å². The molecule has 3 amide bonds. The highest BCUT2D eigenvalue weighted by Gasteiger charge is 2.10. The summed E-state index contributed by atoms with van der Waals surface area (Å²) < 4.78 is 0.968. The maximum absolute atomic E-state index is 12.4. The van der Waals surface area contributed by atoms with Crippen molar-refractivity contribution in [3.05, 3.63) is 87.9 Å². The Kier molecular flexibility index (Phi) is 6.11. The Labute approximate surface area is 172 Å². The van der Waals surface area contributed by atoms with Crippen LogP contribution in [0.25, 0.3) is 0 Å². The Morgan fingerprint density at radius 1 is 0.750 bits per heavy atom. The molecule has 0 spiro atoms. The Balaban J connectivity index is 1.67. The first-order valence-electron chi connectivity index (χ1n) is 8.73. The van der Waals surface area contributed by atoms with Crippen LogP contribution in [0, 0.1) is 13.8 Å². The number of halogens is 1. The minimum atomic E-state index is -0.347. The fourth-order valence-corrected chi connectivity index (χ4v) is 3.54. The van der Waals surface area contributed by atoms with Crippen LogP contribution in [0.15, 0.2) is 71.2 Å². The fraction of sp³-hybridized carbons (Fsp3) is 0.0909. The van der Waals surface area contributed by atoms with Crippen molar-refractivity contribution in [2.24, 2.45) is 0 Å². The number of hydrogen-bond acceptors (Lipinski definition) is 2. The molecule has 6 heteroatoms. The zero-order valence-corrected chi connectivity index (χ0v) is 17.1. The van der Waals surface area contributed by atoms with Crippen molar-refractivity contribution in [3.63, 3.8) is 0 Å². The molecule has 3 aromatic rings. The monoisotopic (exact) mass is 437 g/mol. The maximum atomic E-state index is 12.4. The van der Waals surface area contributed by atoms with Gasteiger partial charge in [-0.3, -0.25) is 4.79 Å². The second kappa shape index (κ2) is 8.71. The molecule has 5 nitrogen and oxygen atoms in total. The van der Waals surface area contributed by atoms with Gasteiger partial charge in [0.15, 0.2) is 0 Å². The van der Waals surface area contributed by atoms with E-state index in [4.69, 9.17) is 0 Å². The summed E-state index contributed by atoms with van der Waals surface area (Å²) in [5.41, 5.74) is 4.45. The first kappa shape index (κ1) is 19.6. The SMILES string of the molecule is Cc1cc(Br)cc(C)c1NC(=O)Nc1cccc(NC(=O)c2ccccc2)c1. The minimum absolute atomic E-state index is 0.205. The molecule has 3 N–H and O–H groups in total. The summed E-state index contributed by atoms with van der Waals surface area (Å²) in [4.78, 5) is 24.7. The summed E-state index contributed by atoms with van der Waals surface area (Å²) in [7, 11) is 0. The first-order valence-corrected chi connectivity index (χ1v) is 9.53. The summed E-state index contributed by atoms with van der Waals surface area (Å²) in [6.07, 6.45) is 0. The Morgan fingerprint density at radius 3 is 2.00 bits per heavy atom. The molecule has 0 unspecified atom stereocenters. The van der Waals surface area contributed by atoms with Crippen LogP contribution in [-0.4, -0.2) is 11.9 Å². The lowest BCUT2D eigenvalue weighted by Gasteiger charge is -2.14. The fourth-order valence-electron chi connectivity index (χ4n) is 2.85. The highest BCUT2D eigenvalue weighted by molar-refractivity contribution is 9.10. The molecule has 0 atom stereocenters. The summed E-state index contributed by atoms with van der Waals surface area (Å²) in [6, 6.07) is 19.5. The van der Waals surface area contributed by atoms with Crippen molar-refractivity contribution in [3.8, 4) is 0 Å². The molecule has 28 heavy (non-hydrogen) atoms. The zero-order valence-electron chi connectivity index (χ0n) is 15.5. The number of carbonyl (C=O) groups excluding carboxylic acids is 2. The van der Waals surface area contributed by atoms with E-state index in [-0.39, 0.29) is 11.9 Å². The molecule has 0 aromatic heterocycles. The normalized spacial score (nSPS) is 10.2. The molecule has 142 valence electrons. The number of urea groups is 1. The van der Waals surface area contributed by atoms with Crippen molar-refractivity contribution in [2.75, 3.05) is 16.0 Å². The average Bonchev–Trinajstić information content (AvgIpc) is 2.65. The number of rotatable bonds is 4. The molecule has 0 heterocycles. The van der Waals surface area contributed by atoms with Gasteiger partial charge < -0.3 is 16.0 Å². The lowest BCUT2D eigenvalue weighted by molar-refractivity contribution is 0.102. The van der Waals surface area contributed by atoms with Crippen LogP contribution in [0.2, 0.25) is 0 Å². The average molecular weight is 438 g/mol. The van der Waals surface area contributed by atoms with Crippen LogP contribution in [-0.2, 0) is 0 Å². The van der Waals surface area contributed by atoms with Gasteiger partial charge in [-0.05, 0) is 67.4 Å². The molecule has 0 radical (unpaired) electrons. The molecule has 0 aliphatic heterocycles. The molecular formula is C22H20BrN3O2. The predicted octanol–water partition coefficient (Wildman–Crippen LogP) is 5.96. The van der Waals surface area contributed by atoms with Crippen LogP contribution in [0.1, 0.15) is 21.5 Å². The maximum Gasteiger partial charge on any atom is 0.323 e. The summed E-state index contributed by atoms with van der Waals surface area (Å²) >= 11 is 3.45. The van der Waals surface area contributed by atoms with Crippen molar-refractivity contribution < 1.29 is 9.59 Å². The third-order valence-electron chi connectivity index (χ3n) is 4.15. The highest BCUT2D eigenvalue weighted by atomic mass is 79.9. The minimum Gasteiger partial charge on any atom is -0.322 e. The predicted molar refractivity (Wildman–Crippen MR) is 117 cm³/mol. The van der Waals surface area contributed by atoms with Crippen LogP contribution in [0.4, 0.5) is 21.9 Å². The summed E-state index contributed by atoms with van der Waals surface area (Å²) in [5, 5.41) is 8.51. The first-order chi connectivity index (χ1) is 13.4. The lowest BCUT2D eigenvalue weighted by atomic mass is 10.1. The number of benzene rings is 3. The molecule has 3 rings (SSSR count). The molecule has 0 saturated heterocycles. The Hall–Kier alpha value is -3.12. The highest BCUT2D eigenvalue weighted by Crippen LogP contribution is 2.25. The van der Waals surface area contributed by atoms with Crippen molar-refractivity contribution in [1.82, 2.24) is 0 Å². The van der Waals surface area contributed by atoms with Crippen LogP contribution < -0.4 is 16.0 Å². The summed E-state index contributed by atoms with van der Waals surface area (Å²) in [5.74, 6) is -0.205. The Bertz CT molecular complexity index is 996. The number of aryl methyl sites for hydroxylation is 2. The van der Waals surface area contributed by atoms with E-state index >= 15 is 0 Å². The summed E-state index contributed by atoms with van der Waals surface area (Å²) in [6.45, 7) is 3.88.